The number of hydrogen-bond donors (Lipinski definition) is 0. The number of rotatable bonds is 5. The van der Waals surface area contributed by atoms with Crippen molar-refractivity contribution in [2.45, 2.75) is 6.42 Å². The summed E-state index contributed by atoms with van der Waals surface area (Å²) in [6, 6.07) is 6.84. The van der Waals surface area contributed by atoms with Crippen molar-refractivity contribution in [2.24, 2.45) is 0 Å². The van der Waals surface area contributed by atoms with Gasteiger partial charge in [0.2, 0.25) is 0 Å². The second kappa shape index (κ2) is 5.86. The lowest BCUT2D eigenvalue weighted by atomic mass is 10.2. The molecule has 0 bridgehead atoms. The fraction of sp³-hybridized carbons (Fsp3) is 0.250. The third kappa shape index (κ3) is 3.46. The number of carbonyl (C=O) groups is 1. The molecule has 0 atom stereocenters. The molecule has 1 aromatic rings. The van der Waals surface area contributed by atoms with Crippen LogP contribution in [0.2, 0.25) is 0 Å². The Morgan fingerprint density at radius 1 is 1.40 bits per heavy atom. The quantitative estimate of drug-likeness (QED) is 0.421. The van der Waals surface area contributed by atoms with Gasteiger partial charge in [0, 0.05) is 0 Å². The van der Waals surface area contributed by atoms with Crippen LogP contribution in [-0.2, 0) is 4.74 Å². The van der Waals surface area contributed by atoms with Crippen molar-refractivity contribution in [1.82, 2.24) is 0 Å². The van der Waals surface area contributed by atoms with Gasteiger partial charge in [0.25, 0.3) is 0 Å². The molecular weight excluding hydrogens is 192 g/mol. The third-order valence-corrected chi connectivity index (χ3v) is 1.87. The largest absolute Gasteiger partial charge is 0.493 e. The third-order valence-electron chi connectivity index (χ3n) is 1.87. The zero-order chi connectivity index (χ0) is 11.1. The van der Waals surface area contributed by atoms with Gasteiger partial charge < -0.3 is 9.47 Å². The van der Waals surface area contributed by atoms with Crippen molar-refractivity contribution in [2.75, 3.05) is 13.7 Å². The van der Waals surface area contributed by atoms with Gasteiger partial charge in [-0.3, -0.25) is 0 Å². The molecule has 0 fully saturated rings. The van der Waals surface area contributed by atoms with Crippen LogP contribution < -0.4 is 4.74 Å². The molecule has 0 aromatic heterocycles. The Bertz CT molecular complexity index is 327. The Morgan fingerprint density at radius 3 is 2.60 bits per heavy atom. The van der Waals surface area contributed by atoms with E-state index in [0.717, 1.165) is 12.2 Å². The van der Waals surface area contributed by atoms with Gasteiger partial charge >= 0.3 is 5.97 Å². The highest BCUT2D eigenvalue weighted by Crippen LogP contribution is 2.12. The highest BCUT2D eigenvalue weighted by molar-refractivity contribution is 5.89. The normalized spacial score (nSPS) is 9.40. The summed E-state index contributed by atoms with van der Waals surface area (Å²) in [6.07, 6.45) is 2.60. The van der Waals surface area contributed by atoms with Crippen molar-refractivity contribution in [3.63, 3.8) is 0 Å². The Morgan fingerprint density at radius 2 is 2.07 bits per heavy atom. The van der Waals surface area contributed by atoms with Crippen molar-refractivity contribution in [3.05, 3.63) is 42.5 Å². The van der Waals surface area contributed by atoms with Crippen LogP contribution in [0.3, 0.4) is 0 Å². The summed E-state index contributed by atoms with van der Waals surface area (Å²) in [5, 5.41) is 0. The van der Waals surface area contributed by atoms with Crippen molar-refractivity contribution < 1.29 is 14.3 Å². The molecule has 0 saturated carbocycles. The van der Waals surface area contributed by atoms with Crippen LogP contribution >= 0.6 is 0 Å². The highest BCUT2D eigenvalue weighted by Gasteiger charge is 2.03. The minimum atomic E-state index is -0.340. The first-order valence-electron chi connectivity index (χ1n) is 4.70. The first kappa shape index (κ1) is 11.3. The van der Waals surface area contributed by atoms with Gasteiger partial charge in [-0.2, -0.15) is 0 Å². The Kier molecular flexibility index (Phi) is 4.41. The molecule has 3 heteroatoms. The molecule has 0 amide bonds. The van der Waals surface area contributed by atoms with Gasteiger partial charge in [-0.05, 0) is 30.7 Å². The molecule has 15 heavy (non-hydrogen) atoms. The number of esters is 1. The molecule has 0 saturated heterocycles. The Labute approximate surface area is 89.3 Å². The van der Waals surface area contributed by atoms with E-state index in [4.69, 9.17) is 4.74 Å². The van der Waals surface area contributed by atoms with Crippen molar-refractivity contribution >= 4 is 5.97 Å². The second-order valence-electron chi connectivity index (χ2n) is 2.94. The monoisotopic (exact) mass is 206 g/mol. The second-order valence-corrected chi connectivity index (χ2v) is 2.94. The summed E-state index contributed by atoms with van der Waals surface area (Å²) >= 11 is 0. The van der Waals surface area contributed by atoms with E-state index >= 15 is 0 Å². The maximum Gasteiger partial charge on any atom is 0.337 e. The Hall–Kier alpha value is -1.77. The summed E-state index contributed by atoms with van der Waals surface area (Å²) in [5.74, 6) is 0.400. The molecule has 3 nitrogen and oxygen atoms in total. The smallest absolute Gasteiger partial charge is 0.337 e. The molecule has 0 unspecified atom stereocenters. The van der Waals surface area contributed by atoms with Gasteiger partial charge in [0.15, 0.2) is 0 Å². The van der Waals surface area contributed by atoms with E-state index < -0.39 is 0 Å². The summed E-state index contributed by atoms with van der Waals surface area (Å²) in [6.45, 7) is 4.20. The molecular formula is C12H14O3. The summed E-state index contributed by atoms with van der Waals surface area (Å²) in [5.41, 5.74) is 0.522. The van der Waals surface area contributed by atoms with Crippen LogP contribution in [0.25, 0.3) is 0 Å². The number of ether oxygens (including phenoxy) is 2. The van der Waals surface area contributed by atoms with E-state index in [9.17, 15) is 4.79 Å². The molecule has 0 N–H and O–H groups in total. The number of hydrogen-bond acceptors (Lipinski definition) is 3. The van der Waals surface area contributed by atoms with Crippen LogP contribution in [0, 0.1) is 0 Å². The average molecular weight is 206 g/mol. The summed E-state index contributed by atoms with van der Waals surface area (Å²) in [4.78, 5) is 11.1. The van der Waals surface area contributed by atoms with E-state index in [1.54, 1.807) is 30.3 Å². The SMILES string of the molecule is C=CCCOc1ccc(C(=O)OC)cc1. The zero-order valence-electron chi connectivity index (χ0n) is 8.73. The van der Waals surface area contributed by atoms with E-state index in [-0.39, 0.29) is 5.97 Å². The van der Waals surface area contributed by atoms with Crippen LogP contribution in [0.1, 0.15) is 16.8 Å². The summed E-state index contributed by atoms with van der Waals surface area (Å²) in [7, 11) is 1.36. The fourth-order valence-electron chi connectivity index (χ4n) is 1.07. The van der Waals surface area contributed by atoms with Crippen molar-refractivity contribution in [3.8, 4) is 5.75 Å². The topological polar surface area (TPSA) is 35.5 Å². The lowest BCUT2D eigenvalue weighted by Crippen LogP contribution is -2.01. The first-order valence-corrected chi connectivity index (χ1v) is 4.70. The molecule has 0 aliphatic carbocycles. The van der Waals surface area contributed by atoms with Gasteiger partial charge in [0.1, 0.15) is 5.75 Å². The molecule has 0 radical (unpaired) electrons. The highest BCUT2D eigenvalue weighted by atomic mass is 16.5. The van der Waals surface area contributed by atoms with Crippen LogP contribution in [-0.4, -0.2) is 19.7 Å². The standard InChI is InChI=1S/C12H14O3/c1-3-4-9-15-11-7-5-10(6-8-11)12(13)14-2/h3,5-8H,1,4,9H2,2H3. The Balaban J connectivity index is 2.56. The molecule has 1 rings (SSSR count). The van der Waals surface area contributed by atoms with E-state index in [2.05, 4.69) is 11.3 Å². The van der Waals surface area contributed by atoms with Crippen molar-refractivity contribution in [1.29, 1.82) is 0 Å². The molecule has 0 heterocycles. The number of carbonyl (C=O) groups excluding carboxylic acids is 1. The van der Waals surface area contributed by atoms with E-state index in [1.165, 1.54) is 7.11 Å². The molecule has 1 aromatic carbocycles. The molecule has 0 aliphatic rings. The van der Waals surface area contributed by atoms with E-state index in [0.29, 0.717) is 12.2 Å². The predicted octanol–water partition coefficient (Wildman–Crippen LogP) is 2.43. The summed E-state index contributed by atoms with van der Waals surface area (Å²) < 4.78 is 9.97. The van der Waals surface area contributed by atoms with Crippen LogP contribution in [0.4, 0.5) is 0 Å². The maximum atomic E-state index is 11.1. The lowest BCUT2D eigenvalue weighted by Gasteiger charge is -2.04. The van der Waals surface area contributed by atoms with Crippen LogP contribution in [0.15, 0.2) is 36.9 Å². The van der Waals surface area contributed by atoms with Gasteiger partial charge in [-0.25, -0.2) is 4.79 Å². The van der Waals surface area contributed by atoms with Gasteiger partial charge in [-0.15, -0.1) is 6.58 Å². The van der Waals surface area contributed by atoms with E-state index in [1.807, 2.05) is 0 Å². The zero-order valence-corrected chi connectivity index (χ0v) is 8.73. The van der Waals surface area contributed by atoms with Crippen LogP contribution in [0.5, 0.6) is 5.75 Å². The molecule has 80 valence electrons. The maximum absolute atomic E-state index is 11.1. The first-order chi connectivity index (χ1) is 7.27. The fourth-order valence-corrected chi connectivity index (χ4v) is 1.07. The lowest BCUT2D eigenvalue weighted by molar-refractivity contribution is 0.0600. The predicted molar refractivity (Wildman–Crippen MR) is 58.1 cm³/mol. The molecule has 0 aliphatic heterocycles. The number of benzene rings is 1. The minimum absolute atomic E-state index is 0.340. The molecule has 0 spiro atoms. The van der Waals surface area contributed by atoms with Gasteiger partial charge in [0.05, 0.1) is 19.3 Å². The average Bonchev–Trinajstić information content (AvgIpc) is 2.29. The van der Waals surface area contributed by atoms with Gasteiger partial charge in [-0.1, -0.05) is 6.08 Å². The number of methoxy groups -OCH3 is 1. The minimum Gasteiger partial charge on any atom is -0.493 e.